The second-order valence-corrected chi connectivity index (χ2v) is 5.06. The molecular formula is C14H15F3N4O3. The van der Waals surface area contributed by atoms with E-state index >= 15 is 0 Å². The summed E-state index contributed by atoms with van der Waals surface area (Å²) in [6.07, 6.45) is -3.32. The van der Waals surface area contributed by atoms with Gasteiger partial charge in [0.1, 0.15) is 11.5 Å². The number of nitrogens with one attached hydrogen (secondary N) is 1. The highest BCUT2D eigenvalue weighted by Gasteiger charge is 2.56. The first kappa shape index (κ1) is 17.7. The molecule has 2 rings (SSSR count). The molecule has 0 aliphatic heterocycles. The predicted octanol–water partition coefficient (Wildman–Crippen LogP) is 1.53. The van der Waals surface area contributed by atoms with Crippen molar-refractivity contribution in [1.82, 2.24) is 15.3 Å². The number of nitrogens with zero attached hydrogens (tertiary/aromatic N) is 2. The fourth-order valence-corrected chi connectivity index (χ4v) is 2.03. The zero-order valence-electron chi connectivity index (χ0n) is 12.6. The second kappa shape index (κ2) is 6.48. The Morgan fingerprint density at radius 3 is 2.54 bits per heavy atom. The average molecular weight is 344 g/mol. The minimum atomic E-state index is -4.98. The number of nitrogen functional groups attached to an aromatic ring is 1. The lowest BCUT2D eigenvalue weighted by Crippen LogP contribution is -2.44. The molecule has 0 saturated carbocycles. The van der Waals surface area contributed by atoms with Crippen LogP contribution in [0.4, 0.5) is 19.0 Å². The van der Waals surface area contributed by atoms with E-state index in [-0.39, 0.29) is 17.3 Å². The predicted molar refractivity (Wildman–Crippen MR) is 76.8 cm³/mol. The van der Waals surface area contributed by atoms with Gasteiger partial charge in [0.2, 0.25) is 5.60 Å². The number of hydrogen-bond acceptors (Lipinski definition) is 6. The van der Waals surface area contributed by atoms with Gasteiger partial charge < -0.3 is 20.6 Å². The third-order valence-electron chi connectivity index (χ3n) is 3.33. The second-order valence-electron chi connectivity index (χ2n) is 5.06. The number of carbonyl (C=O) groups is 1. The maximum Gasteiger partial charge on any atom is 0.424 e. The third kappa shape index (κ3) is 3.48. The molecule has 0 unspecified atom stereocenters. The number of carbonyl (C=O) groups excluding carboxylic acids is 1. The van der Waals surface area contributed by atoms with Gasteiger partial charge in [0.25, 0.3) is 5.91 Å². The lowest BCUT2D eigenvalue weighted by atomic mass is 9.95. The van der Waals surface area contributed by atoms with Crippen molar-refractivity contribution in [2.45, 2.75) is 25.1 Å². The van der Waals surface area contributed by atoms with Crippen molar-refractivity contribution in [1.29, 1.82) is 0 Å². The lowest BCUT2D eigenvalue weighted by molar-refractivity contribution is -0.274. The van der Waals surface area contributed by atoms with Gasteiger partial charge in [-0.1, -0.05) is 0 Å². The first-order chi connectivity index (χ1) is 11.1. The van der Waals surface area contributed by atoms with Gasteiger partial charge in [0.05, 0.1) is 0 Å². The molecule has 1 amide bonds. The number of nitrogens with two attached hydrogens (primary N) is 1. The lowest BCUT2D eigenvalue weighted by Gasteiger charge is -2.28. The number of anilines is 1. The van der Waals surface area contributed by atoms with Crippen LogP contribution in [-0.2, 0) is 5.60 Å². The molecule has 0 saturated heterocycles. The fraction of sp³-hybridized carbons (Fsp3) is 0.357. The number of halogens is 3. The number of aliphatic hydroxyl groups is 1. The molecule has 24 heavy (non-hydrogen) atoms. The number of rotatable bonds is 5. The van der Waals surface area contributed by atoms with E-state index < -0.39 is 36.4 Å². The Hall–Kier alpha value is -2.62. The van der Waals surface area contributed by atoms with Crippen LogP contribution in [0.5, 0.6) is 0 Å². The van der Waals surface area contributed by atoms with Gasteiger partial charge in [-0.25, -0.2) is 9.97 Å². The molecule has 0 bridgehead atoms. The quantitative estimate of drug-likeness (QED) is 0.758. The summed E-state index contributed by atoms with van der Waals surface area (Å²) in [5.41, 5.74) is 2.04. The Labute approximate surface area is 134 Å². The van der Waals surface area contributed by atoms with Crippen molar-refractivity contribution in [2.24, 2.45) is 0 Å². The van der Waals surface area contributed by atoms with E-state index in [4.69, 9.17) is 10.2 Å². The van der Waals surface area contributed by atoms with Crippen molar-refractivity contribution in [3.05, 3.63) is 41.7 Å². The van der Waals surface area contributed by atoms with Crippen LogP contribution < -0.4 is 11.1 Å². The van der Waals surface area contributed by atoms with Crippen LogP contribution in [0.1, 0.15) is 28.4 Å². The summed E-state index contributed by atoms with van der Waals surface area (Å²) in [5, 5.41) is 12.3. The number of furan rings is 1. The molecule has 0 fully saturated rings. The number of aryl methyl sites for hydroxylation is 1. The first-order valence-corrected chi connectivity index (χ1v) is 6.86. The molecule has 2 aromatic rings. The van der Waals surface area contributed by atoms with Gasteiger partial charge in [-0.2, -0.15) is 13.2 Å². The maximum atomic E-state index is 13.2. The zero-order chi connectivity index (χ0) is 18.0. The summed E-state index contributed by atoms with van der Waals surface area (Å²) in [4.78, 5) is 19.2. The monoisotopic (exact) mass is 344 g/mol. The molecule has 2 aromatic heterocycles. The van der Waals surface area contributed by atoms with Crippen LogP contribution in [0, 0.1) is 6.92 Å². The molecule has 0 aliphatic carbocycles. The summed E-state index contributed by atoms with van der Waals surface area (Å²) in [6.45, 7) is 0.976. The fourth-order valence-electron chi connectivity index (χ4n) is 2.03. The average Bonchev–Trinajstić information content (AvgIpc) is 2.93. The summed E-state index contributed by atoms with van der Waals surface area (Å²) in [7, 11) is 0. The van der Waals surface area contributed by atoms with Gasteiger partial charge in [-0.3, -0.25) is 4.79 Å². The van der Waals surface area contributed by atoms with Crippen LogP contribution in [0.3, 0.4) is 0 Å². The molecule has 1 atom stereocenters. The van der Waals surface area contributed by atoms with E-state index in [9.17, 15) is 23.1 Å². The van der Waals surface area contributed by atoms with Crippen molar-refractivity contribution < 1.29 is 27.5 Å². The van der Waals surface area contributed by atoms with E-state index in [0.29, 0.717) is 0 Å². The van der Waals surface area contributed by atoms with Crippen LogP contribution in [0.2, 0.25) is 0 Å². The molecule has 0 radical (unpaired) electrons. The van der Waals surface area contributed by atoms with E-state index in [1.807, 2.05) is 0 Å². The summed E-state index contributed by atoms with van der Waals surface area (Å²) < 4.78 is 44.6. The molecule has 130 valence electrons. The Bertz CT molecular complexity index is 732. The van der Waals surface area contributed by atoms with Crippen LogP contribution in [-0.4, -0.2) is 33.7 Å². The summed E-state index contributed by atoms with van der Waals surface area (Å²) >= 11 is 0. The number of hydrogen-bond donors (Lipinski definition) is 3. The highest BCUT2D eigenvalue weighted by atomic mass is 19.4. The van der Waals surface area contributed by atoms with Crippen LogP contribution in [0.15, 0.2) is 28.9 Å². The molecule has 0 spiro atoms. The standard InChI is InChI=1S/C14H15F3N4O3/c1-8-2-3-9(24-8)13(23,14(15,16)17)4-5-21-12(22)10-11(18)20-7-6-19-10/h2-3,6-7,23H,4-5H2,1H3,(H2,18,20)(H,21,22)/t13-/m0/s1. The van der Waals surface area contributed by atoms with Gasteiger partial charge in [0, 0.05) is 25.4 Å². The van der Waals surface area contributed by atoms with Gasteiger partial charge in [0.15, 0.2) is 11.5 Å². The topological polar surface area (TPSA) is 114 Å². The van der Waals surface area contributed by atoms with E-state index in [1.165, 1.54) is 25.4 Å². The molecule has 4 N–H and O–H groups in total. The molecule has 10 heteroatoms. The van der Waals surface area contributed by atoms with Gasteiger partial charge >= 0.3 is 6.18 Å². The minimum Gasteiger partial charge on any atom is -0.463 e. The highest BCUT2D eigenvalue weighted by Crippen LogP contribution is 2.42. The molecule has 0 aromatic carbocycles. The minimum absolute atomic E-state index is 0.150. The van der Waals surface area contributed by atoms with Crippen LogP contribution in [0.25, 0.3) is 0 Å². The Balaban J connectivity index is 2.10. The van der Waals surface area contributed by atoms with Crippen molar-refractivity contribution in [3.63, 3.8) is 0 Å². The highest BCUT2D eigenvalue weighted by molar-refractivity contribution is 5.96. The SMILES string of the molecule is Cc1ccc([C@@](O)(CCNC(=O)c2nccnc2N)C(F)(F)F)o1. The Morgan fingerprint density at radius 1 is 1.33 bits per heavy atom. The number of amides is 1. The largest absolute Gasteiger partial charge is 0.463 e. The van der Waals surface area contributed by atoms with E-state index in [2.05, 4.69) is 15.3 Å². The van der Waals surface area contributed by atoms with Gasteiger partial charge in [-0.15, -0.1) is 0 Å². The van der Waals surface area contributed by atoms with E-state index in [1.54, 1.807) is 0 Å². The van der Waals surface area contributed by atoms with Crippen molar-refractivity contribution in [2.75, 3.05) is 12.3 Å². The summed E-state index contributed by atoms with van der Waals surface area (Å²) in [6, 6.07) is 2.36. The Kier molecular flexibility index (Phi) is 4.78. The zero-order valence-corrected chi connectivity index (χ0v) is 12.6. The maximum absolute atomic E-state index is 13.2. The van der Waals surface area contributed by atoms with Gasteiger partial charge in [-0.05, 0) is 19.1 Å². The normalized spacial score (nSPS) is 14.2. The molecule has 7 nitrogen and oxygen atoms in total. The Morgan fingerprint density at radius 2 is 2.00 bits per heavy atom. The first-order valence-electron chi connectivity index (χ1n) is 6.86. The van der Waals surface area contributed by atoms with Crippen molar-refractivity contribution in [3.8, 4) is 0 Å². The molecule has 2 heterocycles. The summed E-state index contributed by atoms with van der Waals surface area (Å²) in [5.74, 6) is -1.35. The third-order valence-corrected chi connectivity index (χ3v) is 3.33. The molecule has 0 aliphatic rings. The van der Waals surface area contributed by atoms with E-state index in [0.717, 1.165) is 6.07 Å². The molecular weight excluding hydrogens is 329 g/mol. The van der Waals surface area contributed by atoms with Crippen LogP contribution >= 0.6 is 0 Å². The smallest absolute Gasteiger partial charge is 0.424 e. The van der Waals surface area contributed by atoms with Crippen molar-refractivity contribution >= 4 is 11.7 Å². The number of alkyl halides is 3. The number of aromatic nitrogens is 2.